The lowest BCUT2D eigenvalue weighted by Gasteiger charge is -2.42. The van der Waals surface area contributed by atoms with Crippen LogP contribution in [-0.2, 0) is 37.5 Å². The molecule has 0 spiro atoms. The van der Waals surface area contributed by atoms with Crippen LogP contribution in [-0.4, -0.2) is 108 Å². The molecule has 1 aliphatic rings. The van der Waals surface area contributed by atoms with Gasteiger partial charge in [0.15, 0.2) is 0 Å². The van der Waals surface area contributed by atoms with Crippen LogP contribution in [0.4, 0.5) is 0 Å². The molecule has 1 saturated heterocycles. The molecule has 0 aliphatic carbocycles. The van der Waals surface area contributed by atoms with Crippen molar-refractivity contribution in [2.75, 3.05) is 25.7 Å². The first-order valence-electron chi connectivity index (χ1n) is 12.6. The fourth-order valence-electron chi connectivity index (χ4n) is 4.62. The predicted octanol–water partition coefficient (Wildman–Crippen LogP) is 0.769. The summed E-state index contributed by atoms with van der Waals surface area (Å²) in [6.07, 6.45) is -2.82. The van der Waals surface area contributed by atoms with Crippen LogP contribution in [0.5, 0.6) is 0 Å². The molecule has 0 aromatic carbocycles. The smallest absolute Gasteiger partial charge is 0.344 e. The van der Waals surface area contributed by atoms with E-state index in [0.29, 0.717) is 0 Å². The fraction of sp³-hybridized carbons (Fsp3) is 1.00. The van der Waals surface area contributed by atoms with Crippen LogP contribution in [0, 0.1) is 0 Å². The highest BCUT2D eigenvalue weighted by molar-refractivity contribution is 7.86. The van der Waals surface area contributed by atoms with E-state index >= 15 is 0 Å². The van der Waals surface area contributed by atoms with Crippen LogP contribution in [0.2, 0.25) is 11.1 Å². The summed E-state index contributed by atoms with van der Waals surface area (Å²) in [7, 11) is -11.0. The second-order valence-electron chi connectivity index (χ2n) is 10.4. The molecule has 0 radical (unpaired) electrons. The molecule has 6 atom stereocenters. The molecule has 1 aliphatic heterocycles. The van der Waals surface area contributed by atoms with Crippen molar-refractivity contribution in [2.45, 2.75) is 114 Å². The lowest BCUT2D eigenvalue weighted by atomic mass is 9.97. The molecule has 37 heavy (non-hydrogen) atoms. The summed E-state index contributed by atoms with van der Waals surface area (Å²) in [5.74, 6) is 0. The van der Waals surface area contributed by atoms with Crippen molar-refractivity contribution in [3.8, 4) is 0 Å². The zero-order valence-electron chi connectivity index (χ0n) is 22.6. The molecule has 0 bridgehead atoms. The highest BCUT2D eigenvalue weighted by Gasteiger charge is 2.52. The van der Waals surface area contributed by atoms with Gasteiger partial charge in [-0.05, 0) is 49.6 Å². The minimum absolute atomic E-state index is 0.0810. The standard InChI is InChI=1S/C22H46O12S2Si/c1-15(2)37(16(3)4)33-21(19(31-35(5,27)28)9-7-17(25)13-23)11-12-22(34-37)20(32-36(6,29)30)10-8-18(26)14-24/h15-26H,7-14H2,1-6H3/t17-,18-,19-,20-,21+,22+/m1/s1. The molecule has 0 aromatic heterocycles. The molecule has 0 unspecified atom stereocenters. The van der Waals surface area contributed by atoms with Crippen molar-refractivity contribution in [1.29, 1.82) is 0 Å². The summed E-state index contributed by atoms with van der Waals surface area (Å²) in [6.45, 7) is 6.74. The summed E-state index contributed by atoms with van der Waals surface area (Å²) in [5, 5.41) is 38.1. The summed E-state index contributed by atoms with van der Waals surface area (Å²) in [6, 6.07) is 0. The zero-order valence-corrected chi connectivity index (χ0v) is 25.3. The fourth-order valence-corrected chi connectivity index (χ4v) is 9.92. The lowest BCUT2D eigenvalue weighted by Crippen LogP contribution is -2.54. The van der Waals surface area contributed by atoms with Gasteiger partial charge in [0.05, 0.1) is 50.1 Å². The molecule has 1 rings (SSSR count). The molecule has 0 saturated carbocycles. The Morgan fingerprint density at radius 2 is 1.05 bits per heavy atom. The van der Waals surface area contributed by atoms with Gasteiger partial charge in [0.1, 0.15) is 12.2 Å². The molecule has 1 heterocycles. The van der Waals surface area contributed by atoms with Gasteiger partial charge in [-0.15, -0.1) is 0 Å². The van der Waals surface area contributed by atoms with Gasteiger partial charge in [-0.2, -0.15) is 16.8 Å². The van der Waals surface area contributed by atoms with Gasteiger partial charge in [0.25, 0.3) is 20.2 Å². The van der Waals surface area contributed by atoms with E-state index in [4.69, 9.17) is 17.2 Å². The summed E-state index contributed by atoms with van der Waals surface area (Å²) in [4.78, 5) is 0. The first-order chi connectivity index (χ1) is 16.9. The van der Waals surface area contributed by atoms with E-state index in [1.165, 1.54) is 0 Å². The summed E-state index contributed by atoms with van der Waals surface area (Å²) in [5.41, 5.74) is -0.251. The maximum Gasteiger partial charge on any atom is 0.344 e. The van der Waals surface area contributed by atoms with Crippen LogP contribution in [0.15, 0.2) is 0 Å². The van der Waals surface area contributed by atoms with Crippen LogP contribution < -0.4 is 0 Å². The minimum atomic E-state index is -3.90. The van der Waals surface area contributed by atoms with Gasteiger partial charge >= 0.3 is 8.56 Å². The van der Waals surface area contributed by atoms with Crippen LogP contribution in [0.3, 0.4) is 0 Å². The Morgan fingerprint density at radius 1 is 0.730 bits per heavy atom. The molecule has 15 heteroatoms. The number of aliphatic hydroxyl groups excluding tert-OH is 4. The van der Waals surface area contributed by atoms with Crippen molar-refractivity contribution >= 4 is 28.8 Å². The third-order valence-electron chi connectivity index (χ3n) is 6.43. The van der Waals surface area contributed by atoms with Crippen molar-refractivity contribution in [3.63, 3.8) is 0 Å². The molecule has 12 nitrogen and oxygen atoms in total. The lowest BCUT2D eigenvalue weighted by molar-refractivity contribution is -0.000611. The zero-order chi connectivity index (χ0) is 28.6. The van der Waals surface area contributed by atoms with Gasteiger partial charge in [-0.25, -0.2) is 0 Å². The van der Waals surface area contributed by atoms with Crippen LogP contribution in [0.1, 0.15) is 66.2 Å². The first kappa shape index (κ1) is 34.8. The highest BCUT2D eigenvalue weighted by Crippen LogP contribution is 2.42. The van der Waals surface area contributed by atoms with Crippen molar-refractivity contribution in [2.24, 2.45) is 0 Å². The van der Waals surface area contributed by atoms with E-state index < -0.39 is 78.6 Å². The van der Waals surface area contributed by atoms with Gasteiger partial charge in [0, 0.05) is 0 Å². The molecule has 0 amide bonds. The van der Waals surface area contributed by atoms with Crippen LogP contribution in [0.25, 0.3) is 0 Å². The van der Waals surface area contributed by atoms with Crippen molar-refractivity contribution in [3.05, 3.63) is 0 Å². The third kappa shape index (κ3) is 11.8. The molecule has 4 N–H and O–H groups in total. The van der Waals surface area contributed by atoms with Crippen LogP contribution >= 0.6 is 0 Å². The SMILES string of the molecule is CC(C)[Si]1(C(C)C)O[C@H]([C@@H](CC[C@@H](O)CO)OS(C)(=O)=O)CC[C@@H]([C@@H](CC[C@@H](O)CO)OS(C)(=O)=O)O1. The maximum absolute atomic E-state index is 12.1. The Labute approximate surface area is 222 Å². The monoisotopic (exact) mass is 594 g/mol. The van der Waals surface area contributed by atoms with Gasteiger partial charge in [-0.3, -0.25) is 8.37 Å². The van der Waals surface area contributed by atoms with E-state index in [0.717, 1.165) is 12.5 Å². The normalized spacial score (nSPS) is 24.5. The quantitative estimate of drug-likeness (QED) is 0.145. The van der Waals surface area contributed by atoms with E-state index in [1.54, 1.807) is 0 Å². The van der Waals surface area contributed by atoms with E-state index in [9.17, 15) is 37.3 Å². The Morgan fingerprint density at radius 3 is 1.30 bits per heavy atom. The molecular weight excluding hydrogens is 548 g/mol. The summed E-state index contributed by atoms with van der Waals surface area (Å²) >= 11 is 0. The second kappa shape index (κ2) is 15.0. The van der Waals surface area contributed by atoms with E-state index in [1.807, 2.05) is 27.7 Å². The Bertz CT molecular complexity index is 808. The first-order valence-corrected chi connectivity index (χ1v) is 18.2. The maximum atomic E-state index is 12.1. The van der Waals surface area contributed by atoms with Gasteiger partial charge in [-0.1, -0.05) is 27.7 Å². The Hall–Kier alpha value is -0.203. The predicted molar refractivity (Wildman–Crippen MR) is 139 cm³/mol. The van der Waals surface area contributed by atoms with E-state index in [2.05, 4.69) is 0 Å². The third-order valence-corrected chi connectivity index (χ3v) is 12.2. The topological polar surface area (TPSA) is 186 Å². The van der Waals surface area contributed by atoms with Gasteiger partial charge in [0.2, 0.25) is 0 Å². The van der Waals surface area contributed by atoms with Gasteiger partial charge < -0.3 is 29.3 Å². The molecule has 222 valence electrons. The average molecular weight is 595 g/mol. The Balaban J connectivity index is 3.45. The molecular formula is C22H46O12S2Si. The van der Waals surface area contributed by atoms with Crippen molar-refractivity contribution in [1.82, 2.24) is 0 Å². The number of rotatable bonds is 16. The second-order valence-corrected chi connectivity index (χ2v) is 17.9. The highest BCUT2D eigenvalue weighted by atomic mass is 32.2. The van der Waals surface area contributed by atoms with E-state index in [-0.39, 0.29) is 49.6 Å². The molecule has 1 fully saturated rings. The summed E-state index contributed by atoms with van der Waals surface area (Å²) < 4.78 is 72.4. The largest absolute Gasteiger partial charge is 0.394 e. The number of aliphatic hydroxyl groups is 4. The molecule has 0 aromatic rings. The van der Waals surface area contributed by atoms with Crippen molar-refractivity contribution < 1.29 is 54.5 Å². The number of hydrogen-bond donors (Lipinski definition) is 4. The average Bonchev–Trinajstić information content (AvgIpc) is 2.99. The minimum Gasteiger partial charge on any atom is -0.394 e. The number of hydrogen-bond acceptors (Lipinski definition) is 12. The Kier molecular flexibility index (Phi) is 14.1.